The van der Waals surface area contributed by atoms with Crippen LogP contribution in [-0.4, -0.2) is 24.4 Å². The number of amides is 2. The van der Waals surface area contributed by atoms with Crippen molar-refractivity contribution in [2.75, 3.05) is 11.9 Å². The van der Waals surface area contributed by atoms with E-state index < -0.39 is 0 Å². The van der Waals surface area contributed by atoms with Crippen LogP contribution < -0.4 is 16.0 Å². The summed E-state index contributed by atoms with van der Waals surface area (Å²) in [6.45, 7) is 7.68. The molecule has 2 atom stereocenters. The number of hydrogen-bond donors (Lipinski definition) is 3. The Morgan fingerprint density at radius 1 is 1.04 bits per heavy atom. The van der Waals surface area contributed by atoms with Crippen molar-refractivity contribution in [1.82, 2.24) is 5.32 Å². The predicted octanol–water partition coefficient (Wildman–Crippen LogP) is 2.72. The van der Waals surface area contributed by atoms with Crippen LogP contribution in [0.25, 0.3) is 0 Å². The van der Waals surface area contributed by atoms with Gasteiger partial charge in [-0.05, 0) is 51.0 Å². The number of carbonyl (C=O) groups is 2. The number of aryl methyl sites for hydroxylation is 2. The predicted molar refractivity (Wildman–Crippen MR) is 109 cm³/mol. The lowest BCUT2D eigenvalue weighted by molar-refractivity contribution is -0.710. The van der Waals surface area contributed by atoms with E-state index in [1.54, 1.807) is 0 Å². The average molecular weight is 389 g/mol. The summed E-state index contributed by atoms with van der Waals surface area (Å²) < 4.78 is 0. The maximum absolute atomic E-state index is 12.3. The van der Waals surface area contributed by atoms with Crippen molar-refractivity contribution in [3.63, 3.8) is 0 Å². The van der Waals surface area contributed by atoms with E-state index in [2.05, 4.69) is 10.6 Å². The maximum Gasteiger partial charge on any atom is 0.278 e. The van der Waals surface area contributed by atoms with Gasteiger partial charge in [-0.15, -0.1) is 0 Å². The van der Waals surface area contributed by atoms with E-state index in [1.165, 1.54) is 0 Å². The molecule has 0 heterocycles. The Morgan fingerprint density at radius 2 is 1.63 bits per heavy atom. The third-order valence-corrected chi connectivity index (χ3v) is 4.81. The van der Waals surface area contributed by atoms with Gasteiger partial charge in [0.1, 0.15) is 6.04 Å². The van der Waals surface area contributed by atoms with E-state index in [9.17, 15) is 9.59 Å². The molecule has 0 spiro atoms. The summed E-state index contributed by atoms with van der Waals surface area (Å²) in [6.07, 6.45) is 0. The zero-order chi connectivity index (χ0) is 20.0. The molecule has 0 radical (unpaired) electrons. The summed E-state index contributed by atoms with van der Waals surface area (Å²) >= 11 is 5.91. The highest BCUT2D eigenvalue weighted by molar-refractivity contribution is 6.30. The number of anilines is 1. The van der Waals surface area contributed by atoms with E-state index >= 15 is 0 Å². The van der Waals surface area contributed by atoms with Crippen LogP contribution in [0.15, 0.2) is 42.5 Å². The fourth-order valence-corrected chi connectivity index (χ4v) is 3.05. The molecule has 144 valence electrons. The minimum absolute atomic E-state index is 0.0554. The summed E-state index contributed by atoms with van der Waals surface area (Å²) in [5, 5.41) is 8.22. The van der Waals surface area contributed by atoms with Crippen LogP contribution in [0.4, 0.5) is 5.69 Å². The van der Waals surface area contributed by atoms with E-state index in [-0.39, 0.29) is 30.4 Å². The Hall–Kier alpha value is -2.37. The molecular formula is C21H27ClN3O2+. The first-order valence-electron chi connectivity index (χ1n) is 9.02. The molecule has 0 aliphatic rings. The molecule has 0 fully saturated rings. The van der Waals surface area contributed by atoms with Crippen LogP contribution >= 0.6 is 11.6 Å². The molecule has 0 bridgehead atoms. The van der Waals surface area contributed by atoms with Crippen LogP contribution in [0.1, 0.15) is 36.6 Å². The SMILES string of the molecule is Cc1cccc(C)c1NC(=O)CNC(=O)[C@H](C)[NH2+][C@H](C)c1ccc(Cl)cc1. The van der Waals surface area contributed by atoms with Gasteiger partial charge in [-0.1, -0.05) is 41.9 Å². The lowest BCUT2D eigenvalue weighted by Crippen LogP contribution is -2.92. The molecule has 2 aromatic rings. The molecular weight excluding hydrogens is 362 g/mol. The summed E-state index contributed by atoms with van der Waals surface area (Å²) in [5.74, 6) is -0.411. The quantitative estimate of drug-likeness (QED) is 0.682. The van der Waals surface area contributed by atoms with Crippen LogP contribution in [0.3, 0.4) is 0 Å². The zero-order valence-electron chi connectivity index (χ0n) is 16.2. The molecule has 4 N–H and O–H groups in total. The first kappa shape index (κ1) is 20.9. The topological polar surface area (TPSA) is 74.8 Å². The van der Waals surface area contributed by atoms with Gasteiger partial charge in [0.25, 0.3) is 5.91 Å². The van der Waals surface area contributed by atoms with Crippen LogP contribution in [0.2, 0.25) is 5.02 Å². The molecule has 0 unspecified atom stereocenters. The van der Waals surface area contributed by atoms with Crippen molar-refractivity contribution in [3.05, 3.63) is 64.2 Å². The summed E-state index contributed by atoms with van der Waals surface area (Å²) in [7, 11) is 0. The fraction of sp³-hybridized carbons (Fsp3) is 0.333. The van der Waals surface area contributed by atoms with Gasteiger partial charge in [0.2, 0.25) is 5.91 Å². The van der Waals surface area contributed by atoms with Gasteiger partial charge < -0.3 is 16.0 Å². The molecule has 5 nitrogen and oxygen atoms in total. The molecule has 2 aromatic carbocycles. The zero-order valence-corrected chi connectivity index (χ0v) is 16.9. The van der Waals surface area contributed by atoms with Crippen molar-refractivity contribution >= 4 is 29.1 Å². The second kappa shape index (κ2) is 9.53. The van der Waals surface area contributed by atoms with E-state index in [0.717, 1.165) is 22.4 Å². The molecule has 0 saturated carbocycles. The standard InChI is InChI=1S/C21H26ClN3O2/c1-13-6-5-7-14(2)20(13)25-19(26)12-23-21(27)16(4)24-15(3)17-8-10-18(22)11-9-17/h5-11,15-16,24H,12H2,1-4H3,(H,23,27)(H,25,26)/p+1/t15-,16+/m1/s1. The van der Waals surface area contributed by atoms with Gasteiger partial charge in [-0.25, -0.2) is 0 Å². The number of benzene rings is 2. The van der Waals surface area contributed by atoms with Crippen molar-refractivity contribution in [2.24, 2.45) is 0 Å². The molecule has 0 saturated heterocycles. The number of nitrogens with one attached hydrogen (secondary N) is 2. The second-order valence-electron chi connectivity index (χ2n) is 6.85. The highest BCUT2D eigenvalue weighted by Crippen LogP contribution is 2.19. The number of para-hydroxylation sites is 1. The summed E-state index contributed by atoms with van der Waals surface area (Å²) in [5.41, 5.74) is 3.88. The monoisotopic (exact) mass is 388 g/mol. The molecule has 0 aliphatic carbocycles. The molecule has 2 amide bonds. The number of halogens is 1. The van der Waals surface area contributed by atoms with Crippen molar-refractivity contribution in [3.8, 4) is 0 Å². The minimum atomic E-state index is -0.316. The largest absolute Gasteiger partial charge is 0.342 e. The van der Waals surface area contributed by atoms with Gasteiger partial charge >= 0.3 is 0 Å². The lowest BCUT2D eigenvalue weighted by atomic mass is 10.1. The second-order valence-corrected chi connectivity index (χ2v) is 7.29. The first-order chi connectivity index (χ1) is 12.8. The molecule has 2 rings (SSSR count). The average Bonchev–Trinajstić information content (AvgIpc) is 2.63. The third kappa shape index (κ3) is 6.08. The lowest BCUT2D eigenvalue weighted by Gasteiger charge is -2.17. The molecule has 0 aromatic heterocycles. The van der Waals surface area contributed by atoms with Gasteiger partial charge in [-0.2, -0.15) is 0 Å². The van der Waals surface area contributed by atoms with Gasteiger partial charge in [0, 0.05) is 16.3 Å². The van der Waals surface area contributed by atoms with E-state index in [0.29, 0.717) is 5.02 Å². The van der Waals surface area contributed by atoms with Crippen LogP contribution in [0.5, 0.6) is 0 Å². The van der Waals surface area contributed by atoms with E-state index in [1.807, 2.05) is 75.5 Å². The van der Waals surface area contributed by atoms with Gasteiger partial charge in [0.15, 0.2) is 6.04 Å². The number of quaternary nitrogens is 1. The summed E-state index contributed by atoms with van der Waals surface area (Å²) in [4.78, 5) is 24.5. The van der Waals surface area contributed by atoms with Gasteiger partial charge in [-0.3, -0.25) is 9.59 Å². The molecule has 6 heteroatoms. The van der Waals surface area contributed by atoms with Crippen LogP contribution in [-0.2, 0) is 9.59 Å². The van der Waals surface area contributed by atoms with Gasteiger partial charge in [0.05, 0.1) is 6.54 Å². The Labute approximate surface area is 165 Å². The first-order valence-corrected chi connectivity index (χ1v) is 9.40. The third-order valence-electron chi connectivity index (χ3n) is 4.56. The maximum atomic E-state index is 12.3. The highest BCUT2D eigenvalue weighted by atomic mass is 35.5. The van der Waals surface area contributed by atoms with Crippen molar-refractivity contribution in [2.45, 2.75) is 39.8 Å². The highest BCUT2D eigenvalue weighted by Gasteiger charge is 2.21. The summed E-state index contributed by atoms with van der Waals surface area (Å²) in [6, 6.07) is 13.2. The Bertz CT molecular complexity index is 785. The van der Waals surface area contributed by atoms with Crippen molar-refractivity contribution < 1.29 is 14.9 Å². The molecule has 0 aliphatic heterocycles. The van der Waals surface area contributed by atoms with Crippen LogP contribution in [0, 0.1) is 13.8 Å². The minimum Gasteiger partial charge on any atom is -0.342 e. The Kier molecular flexibility index (Phi) is 7.39. The Morgan fingerprint density at radius 3 is 2.22 bits per heavy atom. The normalized spacial score (nSPS) is 12.9. The molecule has 27 heavy (non-hydrogen) atoms. The smallest absolute Gasteiger partial charge is 0.278 e. The number of hydrogen-bond acceptors (Lipinski definition) is 2. The fourth-order valence-electron chi connectivity index (χ4n) is 2.92. The number of carbonyl (C=O) groups excluding carboxylic acids is 2. The number of nitrogens with two attached hydrogens (primary N) is 1. The Balaban J connectivity index is 1.83. The number of rotatable bonds is 7. The van der Waals surface area contributed by atoms with E-state index in [4.69, 9.17) is 11.6 Å². The van der Waals surface area contributed by atoms with Crippen molar-refractivity contribution in [1.29, 1.82) is 0 Å².